The number of nitro benzene ring substituents is 1. The lowest BCUT2D eigenvalue weighted by atomic mass is 10.1. The van der Waals surface area contributed by atoms with Gasteiger partial charge in [-0.3, -0.25) is 10.1 Å². The topological polar surface area (TPSA) is 66.6 Å². The van der Waals surface area contributed by atoms with Gasteiger partial charge in [0.05, 0.1) is 11.5 Å². The molecule has 0 fully saturated rings. The predicted octanol–water partition coefficient (Wildman–Crippen LogP) is 2.86. The molecular weight excluding hydrogens is 270 g/mol. The van der Waals surface area contributed by atoms with Gasteiger partial charge in [-0.25, -0.2) is 8.78 Å². The fourth-order valence-electron chi connectivity index (χ4n) is 2.26. The van der Waals surface area contributed by atoms with Crippen LogP contribution in [0.4, 0.5) is 20.2 Å². The van der Waals surface area contributed by atoms with E-state index in [1.807, 2.05) is 13.8 Å². The van der Waals surface area contributed by atoms with Crippen molar-refractivity contribution < 1.29 is 18.8 Å². The van der Waals surface area contributed by atoms with E-state index >= 15 is 0 Å². The van der Waals surface area contributed by atoms with Gasteiger partial charge < -0.3 is 10.0 Å². The van der Waals surface area contributed by atoms with E-state index in [9.17, 15) is 18.9 Å². The molecule has 1 aromatic rings. The summed E-state index contributed by atoms with van der Waals surface area (Å²) in [5, 5.41) is 20.1. The van der Waals surface area contributed by atoms with Crippen LogP contribution in [0.3, 0.4) is 0 Å². The molecule has 1 rings (SSSR count). The summed E-state index contributed by atoms with van der Waals surface area (Å²) >= 11 is 0. The number of halogens is 2. The van der Waals surface area contributed by atoms with Gasteiger partial charge in [-0.05, 0) is 18.9 Å². The summed E-state index contributed by atoms with van der Waals surface area (Å²) in [4.78, 5) is 11.6. The van der Waals surface area contributed by atoms with Crippen molar-refractivity contribution in [1.82, 2.24) is 0 Å². The number of anilines is 1. The molecule has 0 heterocycles. The average molecular weight is 288 g/mol. The van der Waals surface area contributed by atoms with Crippen molar-refractivity contribution >= 4 is 11.4 Å². The number of benzene rings is 1. The van der Waals surface area contributed by atoms with Crippen molar-refractivity contribution in [1.29, 1.82) is 0 Å². The zero-order chi connectivity index (χ0) is 15.3. The molecule has 0 aliphatic heterocycles. The van der Waals surface area contributed by atoms with Crippen LogP contribution in [0.5, 0.6) is 0 Å². The summed E-state index contributed by atoms with van der Waals surface area (Å²) < 4.78 is 27.4. The Bertz CT molecular complexity index is 479. The Kier molecular flexibility index (Phi) is 5.82. The van der Waals surface area contributed by atoms with Crippen LogP contribution in [0.2, 0.25) is 0 Å². The maximum Gasteiger partial charge on any atom is 0.295 e. The fourth-order valence-corrected chi connectivity index (χ4v) is 2.26. The lowest BCUT2D eigenvalue weighted by molar-refractivity contribution is -0.384. The molecule has 5 nitrogen and oxygen atoms in total. The molecule has 0 amide bonds. The Morgan fingerprint density at radius 3 is 2.40 bits per heavy atom. The molecule has 0 bridgehead atoms. The Morgan fingerprint density at radius 1 is 1.35 bits per heavy atom. The molecule has 0 saturated heterocycles. The lowest BCUT2D eigenvalue weighted by Crippen LogP contribution is -2.38. The third kappa shape index (κ3) is 3.22. The second kappa shape index (κ2) is 7.14. The Hall–Kier alpha value is -1.76. The Morgan fingerprint density at radius 2 is 1.95 bits per heavy atom. The molecule has 0 spiro atoms. The number of hydrogen-bond donors (Lipinski definition) is 1. The number of aliphatic hydroxyl groups excluding tert-OH is 1. The van der Waals surface area contributed by atoms with Gasteiger partial charge in [-0.2, -0.15) is 0 Å². The predicted molar refractivity (Wildman–Crippen MR) is 71.8 cm³/mol. The molecule has 0 aliphatic carbocycles. The molecule has 20 heavy (non-hydrogen) atoms. The van der Waals surface area contributed by atoms with Crippen LogP contribution >= 0.6 is 0 Å². The summed E-state index contributed by atoms with van der Waals surface area (Å²) in [6.07, 6.45) is 1.20. The smallest absolute Gasteiger partial charge is 0.295 e. The largest absolute Gasteiger partial charge is 0.395 e. The zero-order valence-electron chi connectivity index (χ0n) is 11.5. The normalized spacial score (nSPS) is 10.9. The minimum Gasteiger partial charge on any atom is -0.395 e. The highest BCUT2D eigenvalue weighted by molar-refractivity contribution is 5.65. The van der Waals surface area contributed by atoms with E-state index in [0.29, 0.717) is 12.8 Å². The second-order valence-corrected chi connectivity index (χ2v) is 4.37. The van der Waals surface area contributed by atoms with Crippen LogP contribution in [0.1, 0.15) is 26.7 Å². The Balaban J connectivity index is 3.44. The van der Waals surface area contributed by atoms with Crippen molar-refractivity contribution in [3.05, 3.63) is 33.9 Å². The SMILES string of the molecule is CCC(CC)N(CCO)c1c([N+](=O)[O-])ccc(F)c1F. The standard InChI is InChI=1S/C13H18F2N2O3/c1-3-9(4-2)16(7-8-18)13-11(17(19)20)6-5-10(14)12(13)15/h5-6,9,18H,3-4,7-8H2,1-2H3. The van der Waals surface area contributed by atoms with Gasteiger partial charge in [0.25, 0.3) is 5.69 Å². The first kappa shape index (κ1) is 16.3. The molecule has 0 aromatic heterocycles. The molecule has 0 unspecified atom stereocenters. The summed E-state index contributed by atoms with van der Waals surface area (Å²) in [5.74, 6) is -2.39. The number of nitrogens with zero attached hydrogens (tertiary/aromatic N) is 2. The van der Waals surface area contributed by atoms with Gasteiger partial charge >= 0.3 is 0 Å². The summed E-state index contributed by atoms with van der Waals surface area (Å²) in [5.41, 5.74) is -0.887. The van der Waals surface area contributed by atoms with Crippen LogP contribution in [0, 0.1) is 21.7 Å². The summed E-state index contributed by atoms with van der Waals surface area (Å²) in [6, 6.07) is 1.47. The third-order valence-electron chi connectivity index (χ3n) is 3.26. The van der Waals surface area contributed by atoms with Gasteiger partial charge in [0.1, 0.15) is 0 Å². The molecule has 1 N–H and O–H groups in total. The molecule has 0 aliphatic rings. The van der Waals surface area contributed by atoms with E-state index in [1.54, 1.807) is 0 Å². The van der Waals surface area contributed by atoms with Crippen LogP contribution in [0.25, 0.3) is 0 Å². The average Bonchev–Trinajstić information content (AvgIpc) is 2.42. The fraction of sp³-hybridized carbons (Fsp3) is 0.538. The lowest BCUT2D eigenvalue weighted by Gasteiger charge is -2.31. The van der Waals surface area contributed by atoms with Gasteiger partial charge in [-0.15, -0.1) is 0 Å². The van der Waals surface area contributed by atoms with Crippen LogP contribution in [-0.2, 0) is 0 Å². The van der Waals surface area contributed by atoms with Gasteiger partial charge in [-0.1, -0.05) is 13.8 Å². The second-order valence-electron chi connectivity index (χ2n) is 4.37. The maximum atomic E-state index is 14.0. The highest BCUT2D eigenvalue weighted by atomic mass is 19.2. The minimum absolute atomic E-state index is 0.00750. The highest BCUT2D eigenvalue weighted by Crippen LogP contribution is 2.34. The molecule has 7 heteroatoms. The van der Waals surface area contributed by atoms with Crippen molar-refractivity contribution in [3.63, 3.8) is 0 Å². The molecule has 0 saturated carbocycles. The molecule has 112 valence electrons. The van der Waals surface area contributed by atoms with E-state index in [2.05, 4.69) is 0 Å². The van der Waals surface area contributed by atoms with Crippen molar-refractivity contribution in [2.45, 2.75) is 32.7 Å². The summed E-state index contributed by atoms with van der Waals surface area (Å²) in [6.45, 7) is 3.40. The van der Waals surface area contributed by atoms with Crippen LogP contribution in [0.15, 0.2) is 12.1 Å². The van der Waals surface area contributed by atoms with Crippen LogP contribution < -0.4 is 4.90 Å². The van der Waals surface area contributed by atoms with Crippen molar-refractivity contribution in [3.8, 4) is 0 Å². The maximum absolute atomic E-state index is 14.0. The first-order valence-corrected chi connectivity index (χ1v) is 6.47. The number of rotatable bonds is 7. The minimum atomic E-state index is -1.25. The summed E-state index contributed by atoms with van der Waals surface area (Å²) in [7, 11) is 0. The molecule has 0 atom stereocenters. The monoisotopic (exact) mass is 288 g/mol. The van der Waals surface area contributed by atoms with E-state index in [4.69, 9.17) is 5.11 Å². The highest BCUT2D eigenvalue weighted by Gasteiger charge is 2.29. The molecule has 1 aromatic carbocycles. The quantitative estimate of drug-likeness (QED) is 0.619. The number of hydrogen-bond acceptors (Lipinski definition) is 4. The number of nitro groups is 1. The van der Waals surface area contributed by atoms with Gasteiger partial charge in [0.15, 0.2) is 17.3 Å². The van der Waals surface area contributed by atoms with Gasteiger partial charge in [0.2, 0.25) is 0 Å². The van der Waals surface area contributed by atoms with E-state index < -0.39 is 27.9 Å². The van der Waals surface area contributed by atoms with Crippen molar-refractivity contribution in [2.75, 3.05) is 18.1 Å². The van der Waals surface area contributed by atoms with E-state index in [1.165, 1.54) is 4.90 Å². The van der Waals surface area contributed by atoms with Gasteiger partial charge in [0, 0.05) is 18.7 Å². The first-order chi connectivity index (χ1) is 9.47. The van der Waals surface area contributed by atoms with Crippen molar-refractivity contribution in [2.24, 2.45) is 0 Å². The first-order valence-electron chi connectivity index (χ1n) is 6.47. The van der Waals surface area contributed by atoms with E-state index in [0.717, 1.165) is 12.1 Å². The third-order valence-corrected chi connectivity index (χ3v) is 3.26. The zero-order valence-corrected chi connectivity index (χ0v) is 11.5. The Labute approximate surface area is 116 Å². The molecular formula is C13H18F2N2O3. The number of aliphatic hydroxyl groups is 1. The van der Waals surface area contributed by atoms with Crippen LogP contribution in [-0.4, -0.2) is 29.2 Å². The van der Waals surface area contributed by atoms with E-state index in [-0.39, 0.29) is 19.2 Å². The molecule has 0 radical (unpaired) electrons.